The standard InChI is InChI=1S/C19H15ClFN3O2/c20-15-5-3-14(4-6-15)17-9-19(26)24(12-23-17)11-18(25)22-10-13-1-7-16(21)8-2-13/h1-9,12H,10-11H2,(H,22,25). The fourth-order valence-electron chi connectivity index (χ4n) is 2.34. The maximum absolute atomic E-state index is 12.9. The van der Waals surface area contributed by atoms with Crippen molar-refractivity contribution < 1.29 is 9.18 Å². The highest BCUT2D eigenvalue weighted by Gasteiger charge is 2.07. The molecule has 0 saturated carbocycles. The molecule has 0 unspecified atom stereocenters. The maximum Gasteiger partial charge on any atom is 0.254 e. The number of nitrogens with zero attached hydrogens (tertiary/aromatic N) is 2. The molecule has 3 aromatic rings. The molecule has 1 amide bonds. The number of halogens is 2. The number of carbonyl (C=O) groups excluding carboxylic acids is 1. The Labute approximate surface area is 154 Å². The summed E-state index contributed by atoms with van der Waals surface area (Å²) in [6, 6.07) is 14.2. The van der Waals surface area contributed by atoms with Crippen LogP contribution in [0.25, 0.3) is 11.3 Å². The molecule has 0 saturated heterocycles. The van der Waals surface area contributed by atoms with Crippen molar-refractivity contribution >= 4 is 17.5 Å². The zero-order valence-electron chi connectivity index (χ0n) is 13.7. The molecule has 3 rings (SSSR count). The number of amides is 1. The van der Waals surface area contributed by atoms with E-state index in [9.17, 15) is 14.0 Å². The van der Waals surface area contributed by atoms with Crippen LogP contribution in [0, 0.1) is 5.82 Å². The van der Waals surface area contributed by atoms with Crippen molar-refractivity contribution in [1.29, 1.82) is 0 Å². The highest BCUT2D eigenvalue weighted by atomic mass is 35.5. The highest BCUT2D eigenvalue weighted by Crippen LogP contribution is 2.17. The average molecular weight is 372 g/mol. The predicted octanol–water partition coefficient (Wildman–Crippen LogP) is 3.02. The van der Waals surface area contributed by atoms with Gasteiger partial charge in [0.15, 0.2) is 0 Å². The van der Waals surface area contributed by atoms with Crippen LogP contribution < -0.4 is 10.9 Å². The molecule has 132 valence electrons. The first-order valence-electron chi connectivity index (χ1n) is 7.85. The van der Waals surface area contributed by atoms with Gasteiger partial charge < -0.3 is 5.32 Å². The van der Waals surface area contributed by atoms with Gasteiger partial charge in [0.2, 0.25) is 5.91 Å². The SMILES string of the molecule is O=C(Cn1cnc(-c2ccc(Cl)cc2)cc1=O)NCc1ccc(F)cc1. The number of hydrogen-bond acceptors (Lipinski definition) is 3. The van der Waals surface area contributed by atoms with Crippen molar-refractivity contribution in [3.63, 3.8) is 0 Å². The molecule has 5 nitrogen and oxygen atoms in total. The minimum Gasteiger partial charge on any atom is -0.350 e. The van der Waals surface area contributed by atoms with Crippen molar-refractivity contribution in [2.75, 3.05) is 0 Å². The molecule has 7 heteroatoms. The lowest BCUT2D eigenvalue weighted by molar-refractivity contribution is -0.121. The molecule has 1 aromatic heterocycles. The van der Waals surface area contributed by atoms with Crippen LogP contribution in [-0.4, -0.2) is 15.5 Å². The number of rotatable bonds is 5. The zero-order chi connectivity index (χ0) is 18.5. The van der Waals surface area contributed by atoms with E-state index in [2.05, 4.69) is 10.3 Å². The summed E-state index contributed by atoms with van der Waals surface area (Å²) in [5.74, 6) is -0.670. The molecule has 0 aliphatic carbocycles. The normalized spacial score (nSPS) is 10.5. The van der Waals surface area contributed by atoms with Crippen LogP contribution in [0.15, 0.2) is 65.7 Å². The number of aromatic nitrogens is 2. The van der Waals surface area contributed by atoms with Crippen LogP contribution in [0.2, 0.25) is 5.02 Å². The van der Waals surface area contributed by atoms with Gasteiger partial charge >= 0.3 is 0 Å². The third kappa shape index (κ3) is 4.55. The first-order chi connectivity index (χ1) is 12.5. The van der Waals surface area contributed by atoms with E-state index in [4.69, 9.17) is 11.6 Å². The predicted molar refractivity (Wildman–Crippen MR) is 97.2 cm³/mol. The second-order valence-corrected chi connectivity index (χ2v) is 6.09. The fraction of sp³-hybridized carbons (Fsp3) is 0.105. The molecule has 0 radical (unpaired) electrons. The Bertz CT molecular complexity index is 969. The zero-order valence-corrected chi connectivity index (χ0v) is 14.4. The molecule has 26 heavy (non-hydrogen) atoms. The lowest BCUT2D eigenvalue weighted by Gasteiger charge is -2.08. The van der Waals surface area contributed by atoms with Crippen LogP contribution in [0.4, 0.5) is 4.39 Å². The molecular weight excluding hydrogens is 357 g/mol. The van der Waals surface area contributed by atoms with Crippen molar-refractivity contribution in [2.45, 2.75) is 13.1 Å². The largest absolute Gasteiger partial charge is 0.350 e. The van der Waals surface area contributed by atoms with Gasteiger partial charge in [-0.05, 0) is 29.8 Å². The van der Waals surface area contributed by atoms with Gasteiger partial charge in [0, 0.05) is 23.2 Å². The van der Waals surface area contributed by atoms with Crippen molar-refractivity contribution in [3.05, 3.63) is 87.7 Å². The molecule has 0 fully saturated rings. The second kappa shape index (κ2) is 7.93. The van der Waals surface area contributed by atoms with E-state index >= 15 is 0 Å². The topological polar surface area (TPSA) is 64.0 Å². The third-order valence-corrected chi connectivity index (χ3v) is 3.99. The van der Waals surface area contributed by atoms with Crippen molar-refractivity contribution in [1.82, 2.24) is 14.9 Å². The monoisotopic (exact) mass is 371 g/mol. The number of nitrogens with one attached hydrogen (secondary N) is 1. The summed E-state index contributed by atoms with van der Waals surface area (Å²) in [6.07, 6.45) is 1.34. The summed E-state index contributed by atoms with van der Waals surface area (Å²) >= 11 is 5.85. The van der Waals surface area contributed by atoms with E-state index in [0.717, 1.165) is 11.1 Å². The van der Waals surface area contributed by atoms with Crippen molar-refractivity contribution in [2.24, 2.45) is 0 Å². The smallest absolute Gasteiger partial charge is 0.254 e. The maximum atomic E-state index is 12.9. The molecule has 1 N–H and O–H groups in total. The first-order valence-corrected chi connectivity index (χ1v) is 8.22. The van der Waals surface area contributed by atoms with Crippen LogP contribution >= 0.6 is 11.6 Å². The summed E-state index contributed by atoms with van der Waals surface area (Å²) in [7, 11) is 0. The highest BCUT2D eigenvalue weighted by molar-refractivity contribution is 6.30. The van der Waals surface area contributed by atoms with E-state index in [0.29, 0.717) is 10.7 Å². The summed E-state index contributed by atoms with van der Waals surface area (Å²) in [4.78, 5) is 28.4. The van der Waals surface area contributed by atoms with E-state index in [1.54, 1.807) is 36.4 Å². The van der Waals surface area contributed by atoms with E-state index < -0.39 is 0 Å². The summed E-state index contributed by atoms with van der Waals surface area (Å²) in [5.41, 5.74) is 1.71. The van der Waals surface area contributed by atoms with Crippen LogP contribution in [0.5, 0.6) is 0 Å². The Balaban J connectivity index is 1.64. The average Bonchev–Trinajstić information content (AvgIpc) is 2.63. The lowest BCUT2D eigenvalue weighted by atomic mass is 10.1. The molecule has 0 aliphatic heterocycles. The van der Waals surface area contributed by atoms with Gasteiger partial charge in [0.25, 0.3) is 5.56 Å². The Morgan fingerprint density at radius 2 is 1.81 bits per heavy atom. The molecule has 1 heterocycles. The molecule has 2 aromatic carbocycles. The van der Waals surface area contributed by atoms with Crippen LogP contribution in [0.3, 0.4) is 0 Å². The number of hydrogen-bond donors (Lipinski definition) is 1. The van der Waals surface area contributed by atoms with Gasteiger partial charge in [0.1, 0.15) is 12.4 Å². The van der Waals surface area contributed by atoms with Crippen LogP contribution in [-0.2, 0) is 17.9 Å². The minimum atomic E-state index is -0.336. The van der Waals surface area contributed by atoms with Crippen LogP contribution in [0.1, 0.15) is 5.56 Å². The molecular formula is C19H15ClFN3O2. The van der Waals surface area contributed by atoms with Gasteiger partial charge in [-0.3, -0.25) is 14.2 Å². The summed E-state index contributed by atoms with van der Waals surface area (Å²) in [5, 5.41) is 3.28. The first kappa shape index (κ1) is 17.8. The van der Waals surface area contributed by atoms with Gasteiger partial charge in [-0.2, -0.15) is 0 Å². The van der Waals surface area contributed by atoms with Gasteiger partial charge in [-0.1, -0.05) is 35.9 Å². The molecule has 0 bridgehead atoms. The van der Waals surface area contributed by atoms with Gasteiger partial charge in [0.05, 0.1) is 12.0 Å². The minimum absolute atomic E-state index is 0.145. The molecule has 0 spiro atoms. The van der Waals surface area contributed by atoms with Gasteiger partial charge in [-0.15, -0.1) is 0 Å². The molecule has 0 aliphatic rings. The van der Waals surface area contributed by atoms with Crippen molar-refractivity contribution in [3.8, 4) is 11.3 Å². The summed E-state index contributed by atoms with van der Waals surface area (Å²) < 4.78 is 14.1. The summed E-state index contributed by atoms with van der Waals surface area (Å²) in [6.45, 7) is 0.109. The third-order valence-electron chi connectivity index (χ3n) is 3.74. The lowest BCUT2D eigenvalue weighted by Crippen LogP contribution is -2.31. The quantitative estimate of drug-likeness (QED) is 0.749. The van der Waals surface area contributed by atoms with E-state index in [-0.39, 0.29) is 30.4 Å². The Morgan fingerprint density at radius 1 is 1.12 bits per heavy atom. The van der Waals surface area contributed by atoms with Gasteiger partial charge in [-0.25, -0.2) is 9.37 Å². The Morgan fingerprint density at radius 3 is 2.46 bits per heavy atom. The number of benzene rings is 2. The fourth-order valence-corrected chi connectivity index (χ4v) is 2.46. The molecule has 0 atom stereocenters. The number of carbonyl (C=O) groups is 1. The Kier molecular flexibility index (Phi) is 5.43. The van der Waals surface area contributed by atoms with E-state index in [1.807, 2.05) is 0 Å². The Hall–Kier alpha value is -2.99. The second-order valence-electron chi connectivity index (χ2n) is 5.65. The van der Waals surface area contributed by atoms with E-state index in [1.165, 1.54) is 29.1 Å².